The van der Waals surface area contributed by atoms with Crippen molar-refractivity contribution in [2.45, 2.75) is 38.7 Å². The van der Waals surface area contributed by atoms with Crippen molar-refractivity contribution in [1.82, 2.24) is 0 Å². The zero-order valence-corrected chi connectivity index (χ0v) is 14.9. The van der Waals surface area contributed by atoms with Gasteiger partial charge in [0.1, 0.15) is 0 Å². The molecule has 0 spiro atoms. The second kappa shape index (κ2) is 10.2. The van der Waals surface area contributed by atoms with Gasteiger partial charge in [0, 0.05) is 13.2 Å². The molecule has 1 aromatic rings. The average molecular weight is 349 g/mol. The third kappa shape index (κ3) is 6.69. The predicted octanol–water partition coefficient (Wildman–Crippen LogP) is 4.43. The maximum absolute atomic E-state index is 5.73. The normalized spacial score (nSPS) is 16.2. The fourth-order valence-corrected chi connectivity index (χ4v) is 2.21. The first-order valence-electron chi connectivity index (χ1n) is 6.25. The van der Waals surface area contributed by atoms with Gasteiger partial charge in [0.2, 0.25) is 0 Å². The number of rotatable bonds is 4. The van der Waals surface area contributed by atoms with E-state index in [1.54, 1.807) is 0 Å². The Labute approximate surface area is 121 Å². The van der Waals surface area contributed by atoms with E-state index in [1.165, 1.54) is 48.4 Å². The van der Waals surface area contributed by atoms with E-state index < -0.39 is 0 Å². The molecule has 3 heteroatoms. The van der Waals surface area contributed by atoms with Gasteiger partial charge in [0.05, 0.1) is 0 Å². The minimum absolute atomic E-state index is 0.720. The molecule has 1 aliphatic rings. The molecule has 0 unspecified atom stereocenters. The molecule has 1 saturated carbocycles. The average Bonchev–Trinajstić information content (AvgIpc) is 2.43. The molecular formula is C14H19BrOZn. The minimum atomic E-state index is 0.720. The van der Waals surface area contributed by atoms with E-state index in [4.69, 9.17) is 4.74 Å². The second-order valence-electron chi connectivity index (χ2n) is 4.41. The van der Waals surface area contributed by atoms with Crippen LogP contribution < -0.4 is 0 Å². The maximum Gasteiger partial charge on any atom is 0.0497 e. The Morgan fingerprint density at radius 2 is 2.00 bits per heavy atom. The van der Waals surface area contributed by atoms with E-state index >= 15 is 0 Å². The molecule has 90 valence electrons. The van der Waals surface area contributed by atoms with Gasteiger partial charge in [-0.3, -0.25) is 0 Å². The van der Waals surface area contributed by atoms with Crippen molar-refractivity contribution < 1.29 is 21.1 Å². The summed E-state index contributed by atoms with van der Waals surface area (Å²) in [7, 11) is 0. The van der Waals surface area contributed by atoms with Crippen LogP contribution in [0.4, 0.5) is 0 Å². The number of ether oxygens (including phenoxy) is 1. The Balaban J connectivity index is 0.000000686. The first kappa shape index (κ1) is 15.3. The maximum atomic E-state index is 5.73. The van der Waals surface area contributed by atoms with Crippen molar-refractivity contribution in [1.29, 1.82) is 0 Å². The van der Waals surface area contributed by atoms with Crippen molar-refractivity contribution in [2.24, 2.45) is 5.92 Å². The summed E-state index contributed by atoms with van der Waals surface area (Å²) in [6.45, 7) is 1.65. The SMILES string of the molecule is [Zn+][Br].[c-]1ccccc1COCC1CCCCC1. The standard InChI is InChI=1S/C14H19O.BrH.Zn/c1-3-7-13(8-4-1)11-15-12-14-9-5-2-6-10-14;;/h1,3-4,7,14H,2,5-6,9-12H2;1H;/q-1;;+2/p-1. The van der Waals surface area contributed by atoms with E-state index in [9.17, 15) is 0 Å². The van der Waals surface area contributed by atoms with Crippen LogP contribution in [0, 0.1) is 12.0 Å². The van der Waals surface area contributed by atoms with Crippen molar-refractivity contribution in [3.05, 3.63) is 35.9 Å². The molecule has 0 aromatic heterocycles. The van der Waals surface area contributed by atoms with Gasteiger partial charge in [-0.05, 0) is 18.8 Å². The molecule has 0 saturated heterocycles. The smallest absolute Gasteiger partial charge is 0.0497 e. The van der Waals surface area contributed by atoms with E-state index in [2.05, 4.69) is 25.8 Å². The molecule has 17 heavy (non-hydrogen) atoms. The van der Waals surface area contributed by atoms with Gasteiger partial charge >= 0.3 is 30.0 Å². The molecule has 0 amide bonds. The Bertz CT molecular complexity index is 273. The number of hydrogen-bond donors (Lipinski definition) is 0. The van der Waals surface area contributed by atoms with Gasteiger partial charge in [-0.15, -0.1) is 5.56 Å². The molecule has 1 aromatic carbocycles. The summed E-state index contributed by atoms with van der Waals surface area (Å²) in [5, 5.41) is 0. The summed E-state index contributed by atoms with van der Waals surface area (Å²) < 4.78 is 5.73. The van der Waals surface area contributed by atoms with Gasteiger partial charge in [-0.25, -0.2) is 0 Å². The molecule has 0 heterocycles. The molecule has 0 atom stereocenters. The first-order chi connectivity index (χ1) is 8.45. The van der Waals surface area contributed by atoms with Crippen LogP contribution in [0.2, 0.25) is 0 Å². The van der Waals surface area contributed by atoms with Crippen LogP contribution in [-0.2, 0) is 27.7 Å². The zero-order valence-electron chi connectivity index (χ0n) is 10.3. The molecule has 0 N–H and O–H groups in total. The summed E-state index contributed by atoms with van der Waals surface area (Å²) >= 11 is 4.25. The molecule has 2 rings (SSSR count). The van der Waals surface area contributed by atoms with E-state index in [0.29, 0.717) is 0 Å². The fourth-order valence-electron chi connectivity index (χ4n) is 2.21. The van der Waals surface area contributed by atoms with E-state index in [0.717, 1.165) is 24.7 Å². The van der Waals surface area contributed by atoms with Crippen LogP contribution in [0.25, 0.3) is 0 Å². The van der Waals surface area contributed by atoms with Crippen molar-refractivity contribution in [3.8, 4) is 0 Å². The number of halogens is 1. The van der Waals surface area contributed by atoms with E-state index in [-0.39, 0.29) is 0 Å². The minimum Gasteiger partial charge on any atom is -0.379 e. The Morgan fingerprint density at radius 1 is 1.24 bits per heavy atom. The van der Waals surface area contributed by atoms with Crippen molar-refractivity contribution >= 4 is 13.6 Å². The summed E-state index contributed by atoms with van der Waals surface area (Å²) in [5.41, 5.74) is 1.16. The third-order valence-corrected chi connectivity index (χ3v) is 3.11. The van der Waals surface area contributed by atoms with Crippen LogP contribution in [0.1, 0.15) is 37.7 Å². The molecule has 1 aliphatic carbocycles. The zero-order chi connectivity index (χ0) is 12.3. The summed E-state index contributed by atoms with van der Waals surface area (Å²) in [5.74, 6) is 0.808. The summed E-state index contributed by atoms with van der Waals surface area (Å²) in [6.07, 6.45) is 6.93. The van der Waals surface area contributed by atoms with Gasteiger partial charge in [-0.2, -0.15) is 30.3 Å². The molecule has 0 bridgehead atoms. The predicted molar refractivity (Wildman–Crippen MR) is 70.4 cm³/mol. The van der Waals surface area contributed by atoms with Crippen LogP contribution >= 0.6 is 13.6 Å². The molecular weight excluding hydrogens is 329 g/mol. The largest absolute Gasteiger partial charge is 0.379 e. The van der Waals surface area contributed by atoms with Crippen LogP contribution in [0.15, 0.2) is 24.3 Å². The number of benzene rings is 1. The van der Waals surface area contributed by atoms with E-state index in [1.807, 2.05) is 18.2 Å². The topological polar surface area (TPSA) is 9.23 Å². The van der Waals surface area contributed by atoms with Crippen molar-refractivity contribution in [3.63, 3.8) is 0 Å². The molecule has 1 fully saturated rings. The van der Waals surface area contributed by atoms with Crippen LogP contribution in [0.5, 0.6) is 0 Å². The first-order valence-corrected chi connectivity index (χ1v) is 13.2. The van der Waals surface area contributed by atoms with Gasteiger partial charge in [0.15, 0.2) is 0 Å². The third-order valence-electron chi connectivity index (χ3n) is 3.11. The molecule has 0 radical (unpaired) electrons. The Morgan fingerprint density at radius 3 is 2.65 bits per heavy atom. The monoisotopic (exact) mass is 346 g/mol. The quantitative estimate of drug-likeness (QED) is 0.578. The fraction of sp³-hybridized carbons (Fsp3) is 0.571. The van der Waals surface area contributed by atoms with Gasteiger partial charge in [-0.1, -0.05) is 19.3 Å². The Kier molecular flexibility index (Phi) is 9.23. The van der Waals surface area contributed by atoms with Gasteiger partial charge in [0.25, 0.3) is 0 Å². The van der Waals surface area contributed by atoms with Crippen LogP contribution in [-0.4, -0.2) is 6.61 Å². The summed E-state index contributed by atoms with van der Waals surface area (Å²) in [6, 6.07) is 11.2. The Hall–Kier alpha value is 0.283. The molecule has 0 aliphatic heterocycles. The number of hydrogen-bond acceptors (Lipinski definition) is 1. The molecule has 1 nitrogen and oxygen atoms in total. The van der Waals surface area contributed by atoms with Crippen molar-refractivity contribution in [2.75, 3.05) is 6.61 Å². The summed E-state index contributed by atoms with van der Waals surface area (Å²) in [4.78, 5) is 0. The van der Waals surface area contributed by atoms with Crippen LogP contribution in [0.3, 0.4) is 0 Å². The van der Waals surface area contributed by atoms with Gasteiger partial charge < -0.3 is 4.74 Å². The second-order valence-corrected chi connectivity index (χ2v) is 4.41.